The van der Waals surface area contributed by atoms with Crippen LogP contribution in [0.2, 0.25) is 0 Å². The van der Waals surface area contributed by atoms with Crippen LogP contribution in [0.4, 0.5) is 45.5 Å². The Bertz CT molecular complexity index is 4540. The van der Waals surface area contributed by atoms with Gasteiger partial charge in [-0.25, -0.2) is 0 Å². The van der Waals surface area contributed by atoms with E-state index in [2.05, 4.69) is 287 Å². The Hall–Kier alpha value is -10.2. The monoisotopic (exact) mass is 1580 g/mol. The van der Waals surface area contributed by atoms with Crippen LogP contribution in [0.3, 0.4) is 0 Å². The van der Waals surface area contributed by atoms with Crippen LogP contribution in [-0.4, -0.2) is 22.0 Å². The zero-order valence-electron chi connectivity index (χ0n) is 73.9. The van der Waals surface area contributed by atoms with Crippen molar-refractivity contribution in [2.75, 3.05) is 20.4 Å². The number of benzene rings is 10. The van der Waals surface area contributed by atoms with E-state index in [-0.39, 0.29) is 47.3 Å². The molecule has 10 aromatic rings. The molecule has 1 aliphatic carbocycles. The van der Waals surface area contributed by atoms with Crippen LogP contribution < -0.4 is 20.4 Å². The minimum absolute atomic E-state index is 0.144. The van der Waals surface area contributed by atoms with Gasteiger partial charge in [-0.1, -0.05) is 306 Å². The first-order valence-corrected chi connectivity index (χ1v) is 45.5. The fraction of sp³-hybridized carbons (Fsp3) is 0.400. The third-order valence-corrected chi connectivity index (χ3v) is 25.3. The van der Waals surface area contributed by atoms with E-state index >= 15 is 0 Å². The molecule has 0 spiro atoms. The molecule has 0 saturated heterocycles. The normalized spacial score (nSPS) is 13.1. The molecule has 4 N–H and O–H groups in total. The Morgan fingerprint density at radius 1 is 0.305 bits per heavy atom. The number of anilines is 8. The van der Waals surface area contributed by atoms with E-state index in [4.69, 9.17) is 0 Å². The predicted molar refractivity (Wildman–Crippen MR) is 506 cm³/mol. The Balaban J connectivity index is 1.04. The van der Waals surface area contributed by atoms with E-state index in [0.717, 1.165) is 121 Å². The molecule has 1 aliphatic rings. The minimum atomic E-state index is -0.166. The van der Waals surface area contributed by atoms with Crippen molar-refractivity contribution >= 4 is 68.5 Å². The van der Waals surface area contributed by atoms with Crippen molar-refractivity contribution in [2.45, 2.75) is 264 Å². The lowest BCUT2D eigenvalue weighted by atomic mass is 9.83. The molecular formula is C110H136N4O4. The second-order valence-electron chi connectivity index (χ2n) is 34.0. The van der Waals surface area contributed by atoms with E-state index in [9.17, 15) is 19.8 Å². The first kappa shape index (κ1) is 88.6. The fourth-order valence-corrected chi connectivity index (χ4v) is 18.1. The molecule has 0 saturated carbocycles. The Kier molecular flexibility index (Phi) is 32.7. The number of carbonyl (C=O) groups is 2. The van der Waals surface area contributed by atoms with Gasteiger partial charge in [0.2, 0.25) is 11.8 Å². The number of nitrogens with one attached hydrogen (secondary N) is 2. The summed E-state index contributed by atoms with van der Waals surface area (Å²) in [4.78, 5) is 33.6. The quantitative estimate of drug-likeness (QED) is 0.0303. The van der Waals surface area contributed by atoms with Gasteiger partial charge in [0.05, 0.1) is 22.5 Å². The van der Waals surface area contributed by atoms with Gasteiger partial charge in [-0.05, 0) is 264 Å². The summed E-state index contributed by atoms with van der Waals surface area (Å²) in [5.41, 5.74) is 27.2. The van der Waals surface area contributed by atoms with Crippen molar-refractivity contribution in [3.63, 3.8) is 0 Å². The number of aryl methyl sites for hydroxylation is 4. The van der Waals surface area contributed by atoms with Crippen LogP contribution in [0, 0.1) is 51.4 Å². The van der Waals surface area contributed by atoms with Gasteiger partial charge < -0.3 is 30.6 Å². The topological polar surface area (TPSA) is 105 Å². The van der Waals surface area contributed by atoms with Crippen LogP contribution in [-0.2, 0) is 35.3 Å². The molecule has 0 fully saturated rings. The molecular weight excluding hydrogens is 1440 g/mol. The molecule has 0 aromatic heterocycles. The maximum Gasteiger partial charge on any atom is 0.224 e. The molecule has 4 atom stereocenters. The number of aliphatic hydroxyl groups is 2. The van der Waals surface area contributed by atoms with E-state index in [0.29, 0.717) is 59.0 Å². The number of amides is 2. The maximum absolute atomic E-state index is 14.5. The molecule has 2 amide bonds. The van der Waals surface area contributed by atoms with Gasteiger partial charge in [0.15, 0.2) is 0 Å². The summed E-state index contributed by atoms with van der Waals surface area (Å²) in [6.45, 7) is 31.4. The van der Waals surface area contributed by atoms with Gasteiger partial charge in [0.25, 0.3) is 0 Å². The summed E-state index contributed by atoms with van der Waals surface area (Å²) < 4.78 is 0. The molecule has 11 rings (SSSR count). The number of nitrogens with zero attached hydrogens (tertiary/aromatic N) is 2. The number of rotatable bonds is 44. The highest BCUT2D eigenvalue weighted by Crippen LogP contribution is 2.52. The second-order valence-corrected chi connectivity index (χ2v) is 34.0. The van der Waals surface area contributed by atoms with Crippen LogP contribution in [0.25, 0.3) is 55.7 Å². The van der Waals surface area contributed by atoms with Gasteiger partial charge in [-0.2, -0.15) is 0 Å². The summed E-state index contributed by atoms with van der Waals surface area (Å²) in [7, 11) is 0. The van der Waals surface area contributed by atoms with Crippen molar-refractivity contribution in [1.82, 2.24) is 0 Å². The van der Waals surface area contributed by atoms with Crippen molar-refractivity contribution in [1.29, 1.82) is 0 Å². The molecule has 8 nitrogen and oxygen atoms in total. The summed E-state index contributed by atoms with van der Waals surface area (Å²) >= 11 is 0. The summed E-state index contributed by atoms with van der Waals surface area (Å²) in [6, 6.07) is 75.1. The Morgan fingerprint density at radius 3 is 0.797 bits per heavy atom. The molecule has 620 valence electrons. The third kappa shape index (κ3) is 21.6. The summed E-state index contributed by atoms with van der Waals surface area (Å²) in [6.07, 6.45) is 26.8. The number of aliphatic hydroxyl groups excluding tert-OH is 2. The molecule has 0 heterocycles. The smallest absolute Gasteiger partial charge is 0.224 e. The van der Waals surface area contributed by atoms with Gasteiger partial charge in [-0.15, -0.1) is 0 Å². The summed E-state index contributed by atoms with van der Waals surface area (Å²) in [5, 5.41) is 32.7. The zero-order valence-corrected chi connectivity index (χ0v) is 73.9. The first-order chi connectivity index (χ1) is 57.4. The number of allylic oxidation sites excluding steroid dienone is 2. The van der Waals surface area contributed by atoms with Crippen molar-refractivity contribution in [3.05, 3.63) is 273 Å². The van der Waals surface area contributed by atoms with Crippen molar-refractivity contribution in [2.24, 2.45) is 23.7 Å². The molecule has 10 aromatic carbocycles. The highest BCUT2D eigenvalue weighted by molar-refractivity contribution is 6.12. The van der Waals surface area contributed by atoms with Crippen LogP contribution in [0.1, 0.15) is 266 Å². The minimum Gasteiger partial charge on any atom is -0.506 e. The molecule has 4 unspecified atom stereocenters. The van der Waals surface area contributed by atoms with Crippen LogP contribution in [0.5, 0.6) is 0 Å². The standard InChI is InChI=1S/C110H136N4O4/c1-15-25-39-79(21-7)69-83-43-31-35-47-93(83)87-53-61-101(75(11)65-87)113(102-62-54-88(66-76(102)12)94-48-36-32-44-84(94)70-80(22-8)40-26-16-2)91-57-59-97(99(73-91)111-105(115)51-29-19-5)107-109(117)108(110(107)118)98-60-58-92(74-100(98)112-106(116)52-30-20-6)114(103-63-55-89(67-77(103)13)95-49-37-33-45-85(95)71-81(23-9)41-27-17-3)104-64-56-90(68-78(104)14)96-50-38-34-46-86(96)72-82(24-10)42-28-18-4/h31-38,43-50,53-68,73-74,79-82,117-118H,15-30,39-42,51-52,69-72H2,1-14H3,(H,111,115)(H,112,116). The second kappa shape index (κ2) is 43.5. The lowest BCUT2D eigenvalue weighted by Gasteiger charge is -2.32. The van der Waals surface area contributed by atoms with E-state index in [1.54, 1.807) is 0 Å². The largest absolute Gasteiger partial charge is 0.506 e. The van der Waals surface area contributed by atoms with Crippen molar-refractivity contribution < 1.29 is 19.8 Å². The van der Waals surface area contributed by atoms with E-state index < -0.39 is 0 Å². The SMILES string of the molecule is CCCCC(=O)Nc1cc(N(c2ccc(-c3ccccc3CC(CC)CCCC)cc2C)c2ccc(-c3ccccc3CC(CC)CCCC)cc2C)ccc1C1=C(O)C(c2ccc(N(c3ccc(-c4ccccc4CC(CC)CCCC)cc3C)c3ccc(-c4ccccc4CC(CC)CCCC)cc3C)cc2NC(=O)CCCC)=C1O. The lowest BCUT2D eigenvalue weighted by molar-refractivity contribution is -0.117. The lowest BCUT2D eigenvalue weighted by Crippen LogP contribution is -2.19. The number of hydrogen-bond donors (Lipinski definition) is 4. The predicted octanol–water partition coefficient (Wildman–Crippen LogP) is 32.1. The van der Waals surface area contributed by atoms with Gasteiger partial charge in [0, 0.05) is 58.1 Å². The highest BCUT2D eigenvalue weighted by atomic mass is 16.3. The van der Waals surface area contributed by atoms with Crippen LogP contribution in [0.15, 0.2) is 218 Å². The maximum atomic E-state index is 14.5. The first-order valence-electron chi connectivity index (χ1n) is 45.5. The van der Waals surface area contributed by atoms with Gasteiger partial charge in [-0.3, -0.25) is 9.59 Å². The number of hydrogen-bond acceptors (Lipinski definition) is 6. The Morgan fingerprint density at radius 2 is 0.559 bits per heavy atom. The van der Waals surface area contributed by atoms with E-state index in [1.807, 2.05) is 36.4 Å². The average molecular weight is 1580 g/mol. The van der Waals surface area contributed by atoms with Crippen LogP contribution >= 0.6 is 0 Å². The molecule has 118 heavy (non-hydrogen) atoms. The van der Waals surface area contributed by atoms with Gasteiger partial charge >= 0.3 is 0 Å². The van der Waals surface area contributed by atoms with Gasteiger partial charge in [0.1, 0.15) is 11.5 Å². The molecule has 0 aliphatic heterocycles. The zero-order chi connectivity index (χ0) is 83.8. The van der Waals surface area contributed by atoms with Crippen molar-refractivity contribution in [3.8, 4) is 44.5 Å². The molecule has 0 bridgehead atoms. The Labute approximate surface area is 709 Å². The molecule has 0 radical (unpaired) electrons. The molecule has 8 heteroatoms. The summed E-state index contributed by atoms with van der Waals surface area (Å²) in [5.74, 6) is 1.80. The number of unbranched alkanes of at least 4 members (excludes halogenated alkanes) is 6. The average Bonchev–Trinajstić information content (AvgIpc) is 0.727. The third-order valence-electron chi connectivity index (χ3n) is 25.3. The van der Waals surface area contributed by atoms with E-state index in [1.165, 1.54) is 144 Å². The number of carbonyl (C=O) groups excluding carboxylic acids is 2. The highest BCUT2D eigenvalue weighted by Gasteiger charge is 2.36. The fourth-order valence-electron chi connectivity index (χ4n) is 18.1.